The van der Waals surface area contributed by atoms with E-state index in [0.29, 0.717) is 0 Å². The van der Waals surface area contributed by atoms with E-state index in [1.807, 2.05) is 0 Å². The Morgan fingerprint density at radius 3 is 2.62 bits per heavy atom. The highest BCUT2D eigenvalue weighted by atomic mass is 35.5. The Balaban J connectivity index is 3.42. The first-order valence-electron chi connectivity index (χ1n) is 5.89. The van der Waals surface area contributed by atoms with Crippen molar-refractivity contribution >= 4 is 29.3 Å². The summed E-state index contributed by atoms with van der Waals surface area (Å²) in [6.45, 7) is 2.78. The fourth-order valence-corrected chi connectivity index (χ4v) is 1.64. The average Bonchev–Trinajstić information content (AvgIpc) is 2.41. The minimum Gasteiger partial charge on any atom is -0.506 e. The number of esters is 2. The molecular weight excluding hydrogens is 298 g/mol. The number of rotatable bonds is 4. The molecule has 110 valence electrons. The molecule has 1 aromatic rings. The third-order valence-electron chi connectivity index (χ3n) is 2.28. The van der Waals surface area contributed by atoms with Crippen molar-refractivity contribution in [1.82, 2.24) is 0 Å². The molecular formula is C14H12ClNO5. The summed E-state index contributed by atoms with van der Waals surface area (Å²) in [4.78, 5) is 22.6. The number of hydrogen-bond acceptors (Lipinski definition) is 6. The highest BCUT2D eigenvalue weighted by Gasteiger charge is 2.21. The van der Waals surface area contributed by atoms with E-state index < -0.39 is 23.3 Å². The van der Waals surface area contributed by atoms with Crippen molar-refractivity contribution in [2.45, 2.75) is 13.8 Å². The lowest BCUT2D eigenvalue weighted by Gasteiger charge is -2.10. The number of aliphatic hydroxyl groups is 1. The van der Waals surface area contributed by atoms with Crippen LogP contribution in [-0.4, -0.2) is 23.7 Å². The van der Waals surface area contributed by atoms with Gasteiger partial charge in [-0.2, -0.15) is 5.26 Å². The molecule has 7 heteroatoms. The summed E-state index contributed by atoms with van der Waals surface area (Å²) in [5.41, 5.74) is -0.658. The van der Waals surface area contributed by atoms with Gasteiger partial charge in [-0.25, -0.2) is 4.79 Å². The Labute approximate surface area is 126 Å². The van der Waals surface area contributed by atoms with Gasteiger partial charge < -0.3 is 14.6 Å². The van der Waals surface area contributed by atoms with Gasteiger partial charge in [-0.05, 0) is 25.1 Å². The second-order valence-corrected chi connectivity index (χ2v) is 4.23. The fourth-order valence-electron chi connectivity index (χ4n) is 1.46. The Bertz CT molecular complexity index is 645. The summed E-state index contributed by atoms with van der Waals surface area (Å²) in [6.07, 6.45) is 0. The van der Waals surface area contributed by atoms with E-state index in [1.54, 1.807) is 13.0 Å². The van der Waals surface area contributed by atoms with Crippen LogP contribution in [0.2, 0.25) is 5.02 Å². The summed E-state index contributed by atoms with van der Waals surface area (Å²) < 4.78 is 9.57. The van der Waals surface area contributed by atoms with E-state index >= 15 is 0 Å². The highest BCUT2D eigenvalue weighted by molar-refractivity contribution is 6.30. The Morgan fingerprint density at radius 2 is 2.10 bits per heavy atom. The van der Waals surface area contributed by atoms with Gasteiger partial charge in [0.2, 0.25) is 0 Å². The van der Waals surface area contributed by atoms with E-state index in [1.165, 1.54) is 25.1 Å². The van der Waals surface area contributed by atoms with Crippen LogP contribution >= 0.6 is 11.6 Å². The van der Waals surface area contributed by atoms with Crippen LogP contribution in [0.5, 0.6) is 5.75 Å². The van der Waals surface area contributed by atoms with Gasteiger partial charge in [-0.1, -0.05) is 11.6 Å². The minimum atomic E-state index is -0.980. The summed E-state index contributed by atoms with van der Waals surface area (Å²) >= 11 is 5.81. The van der Waals surface area contributed by atoms with Crippen LogP contribution in [0.15, 0.2) is 23.8 Å². The molecule has 1 aromatic carbocycles. The number of carbonyl (C=O) groups is 2. The Morgan fingerprint density at radius 1 is 1.43 bits per heavy atom. The molecule has 0 saturated heterocycles. The minimum absolute atomic E-state index is 0.0264. The van der Waals surface area contributed by atoms with E-state index in [2.05, 4.69) is 4.74 Å². The van der Waals surface area contributed by atoms with Crippen molar-refractivity contribution in [2.75, 3.05) is 6.61 Å². The van der Waals surface area contributed by atoms with E-state index in [4.69, 9.17) is 21.6 Å². The lowest BCUT2D eigenvalue weighted by Crippen LogP contribution is -2.10. The zero-order chi connectivity index (χ0) is 16.0. The SMILES string of the molecule is CCOC(=O)/C(C#N)=C(\O)c1cc(Cl)ccc1OC(C)=O. The molecule has 0 aliphatic heterocycles. The third-order valence-corrected chi connectivity index (χ3v) is 2.51. The second-order valence-electron chi connectivity index (χ2n) is 3.79. The summed E-state index contributed by atoms with van der Waals surface area (Å²) in [7, 11) is 0. The Hall–Kier alpha value is -2.52. The van der Waals surface area contributed by atoms with Gasteiger partial charge in [-0.15, -0.1) is 0 Å². The number of halogens is 1. The van der Waals surface area contributed by atoms with Gasteiger partial charge in [-0.3, -0.25) is 4.79 Å². The largest absolute Gasteiger partial charge is 0.506 e. The van der Waals surface area contributed by atoms with Gasteiger partial charge in [0.1, 0.15) is 11.8 Å². The lowest BCUT2D eigenvalue weighted by molar-refractivity contribution is -0.138. The predicted molar refractivity (Wildman–Crippen MR) is 74.6 cm³/mol. The molecule has 0 atom stereocenters. The van der Waals surface area contributed by atoms with Gasteiger partial charge in [0.25, 0.3) is 0 Å². The van der Waals surface area contributed by atoms with E-state index in [-0.39, 0.29) is 22.9 Å². The van der Waals surface area contributed by atoms with E-state index in [9.17, 15) is 14.7 Å². The molecule has 0 aliphatic carbocycles. The van der Waals surface area contributed by atoms with Crippen LogP contribution < -0.4 is 4.74 Å². The van der Waals surface area contributed by atoms with Gasteiger partial charge in [0.15, 0.2) is 11.3 Å². The molecule has 1 N–H and O–H groups in total. The van der Waals surface area contributed by atoms with Crippen LogP contribution in [0.3, 0.4) is 0 Å². The van der Waals surface area contributed by atoms with Crippen molar-refractivity contribution in [1.29, 1.82) is 5.26 Å². The molecule has 0 bridgehead atoms. The number of carbonyl (C=O) groups excluding carboxylic acids is 2. The topological polar surface area (TPSA) is 96.6 Å². The quantitative estimate of drug-likeness (QED) is 0.302. The van der Waals surface area contributed by atoms with Crippen LogP contribution in [-0.2, 0) is 14.3 Å². The number of aliphatic hydroxyl groups excluding tert-OH is 1. The van der Waals surface area contributed by atoms with Gasteiger partial charge in [0.05, 0.1) is 12.2 Å². The molecule has 0 aromatic heterocycles. The number of benzene rings is 1. The fraction of sp³-hybridized carbons (Fsp3) is 0.214. The smallest absolute Gasteiger partial charge is 0.352 e. The standard InChI is InChI=1S/C14H12ClNO5/c1-3-20-14(19)11(7-16)13(18)10-6-9(15)4-5-12(10)21-8(2)17/h4-6,18H,3H2,1-2H3/b13-11-. The highest BCUT2D eigenvalue weighted by Crippen LogP contribution is 2.30. The third kappa shape index (κ3) is 4.23. The number of nitriles is 1. The van der Waals surface area contributed by atoms with Crippen molar-refractivity contribution in [3.63, 3.8) is 0 Å². The summed E-state index contributed by atoms with van der Waals surface area (Å²) in [5, 5.41) is 19.3. The maximum Gasteiger partial charge on any atom is 0.352 e. The molecule has 6 nitrogen and oxygen atoms in total. The molecule has 0 fully saturated rings. The number of ether oxygens (including phenoxy) is 2. The van der Waals surface area contributed by atoms with E-state index in [0.717, 1.165) is 0 Å². The molecule has 0 saturated carbocycles. The molecule has 0 aliphatic rings. The first kappa shape index (κ1) is 16.5. The molecule has 21 heavy (non-hydrogen) atoms. The first-order chi connectivity index (χ1) is 9.90. The molecule has 0 amide bonds. The summed E-state index contributed by atoms with van der Waals surface area (Å²) in [6, 6.07) is 5.61. The molecule has 0 unspecified atom stereocenters. The summed E-state index contributed by atoms with van der Waals surface area (Å²) in [5.74, 6) is -2.30. The molecule has 0 heterocycles. The zero-order valence-electron chi connectivity index (χ0n) is 11.3. The zero-order valence-corrected chi connectivity index (χ0v) is 12.1. The van der Waals surface area contributed by atoms with Crippen LogP contribution in [0.25, 0.3) is 5.76 Å². The predicted octanol–water partition coefficient (Wildman–Crippen LogP) is 2.62. The monoisotopic (exact) mass is 309 g/mol. The van der Waals surface area contributed by atoms with Crippen LogP contribution in [0.1, 0.15) is 19.4 Å². The van der Waals surface area contributed by atoms with Crippen molar-refractivity contribution in [3.8, 4) is 11.8 Å². The maximum atomic E-state index is 11.6. The second kappa shape index (κ2) is 7.31. The van der Waals surface area contributed by atoms with Gasteiger partial charge in [0, 0.05) is 11.9 Å². The van der Waals surface area contributed by atoms with Crippen molar-refractivity contribution in [3.05, 3.63) is 34.4 Å². The maximum absolute atomic E-state index is 11.6. The first-order valence-corrected chi connectivity index (χ1v) is 6.27. The lowest BCUT2D eigenvalue weighted by atomic mass is 10.1. The van der Waals surface area contributed by atoms with Crippen LogP contribution in [0, 0.1) is 11.3 Å². The molecule has 0 spiro atoms. The van der Waals surface area contributed by atoms with Crippen molar-refractivity contribution in [2.24, 2.45) is 0 Å². The number of hydrogen-bond donors (Lipinski definition) is 1. The molecule has 0 radical (unpaired) electrons. The number of nitrogens with zero attached hydrogens (tertiary/aromatic N) is 1. The van der Waals surface area contributed by atoms with Gasteiger partial charge >= 0.3 is 11.9 Å². The van der Waals surface area contributed by atoms with Crippen LogP contribution in [0.4, 0.5) is 0 Å². The Kier molecular flexibility index (Phi) is 5.76. The van der Waals surface area contributed by atoms with Crippen molar-refractivity contribution < 1.29 is 24.2 Å². The normalized spacial score (nSPS) is 11.1. The average molecular weight is 310 g/mol. The molecule has 1 rings (SSSR count).